The lowest BCUT2D eigenvalue weighted by atomic mass is 9.89. The van der Waals surface area contributed by atoms with E-state index in [9.17, 15) is 4.79 Å². The molecule has 2 aromatic rings. The minimum atomic E-state index is -0.742. The highest BCUT2D eigenvalue weighted by Crippen LogP contribution is 2.39. The van der Waals surface area contributed by atoms with Gasteiger partial charge in [0.15, 0.2) is 18.4 Å². The van der Waals surface area contributed by atoms with Crippen molar-refractivity contribution in [2.24, 2.45) is 5.92 Å². The average molecular weight is 466 g/mol. The number of para-hydroxylation sites is 1. The molecule has 0 N–H and O–H groups in total. The van der Waals surface area contributed by atoms with Crippen molar-refractivity contribution in [2.45, 2.75) is 31.4 Å². The van der Waals surface area contributed by atoms with E-state index < -0.39 is 5.54 Å². The Morgan fingerprint density at radius 2 is 1.79 bits per heavy atom. The molecule has 1 saturated heterocycles. The van der Waals surface area contributed by atoms with Crippen molar-refractivity contribution in [1.82, 2.24) is 4.90 Å². The third-order valence-corrected chi connectivity index (χ3v) is 8.11. The first-order valence-electron chi connectivity index (χ1n) is 12.0. The number of carbonyl (C=O) groups excluding carboxylic acids is 1. The third kappa shape index (κ3) is 4.82. The van der Waals surface area contributed by atoms with Crippen LogP contribution in [0.3, 0.4) is 0 Å². The van der Waals surface area contributed by atoms with Gasteiger partial charge in [0.1, 0.15) is 17.8 Å². The van der Waals surface area contributed by atoms with Crippen molar-refractivity contribution in [2.75, 3.05) is 44.3 Å². The molecule has 3 aliphatic rings. The van der Waals surface area contributed by atoms with Crippen molar-refractivity contribution in [3.8, 4) is 5.75 Å². The average Bonchev–Trinajstić information content (AvgIpc) is 3.60. The highest BCUT2D eigenvalue weighted by Gasteiger charge is 2.57. The minimum Gasteiger partial charge on any atom is -0.493 e. The lowest BCUT2D eigenvalue weighted by Gasteiger charge is -2.41. The molecule has 2 heterocycles. The maximum atomic E-state index is 13.7. The summed E-state index contributed by atoms with van der Waals surface area (Å²) in [5.41, 5.74) is 1.73. The van der Waals surface area contributed by atoms with Crippen molar-refractivity contribution in [1.29, 1.82) is 0 Å². The van der Waals surface area contributed by atoms with Gasteiger partial charge in [-0.25, -0.2) is 9.37 Å². The van der Waals surface area contributed by atoms with Crippen LogP contribution < -0.4 is 4.74 Å². The van der Waals surface area contributed by atoms with Crippen LogP contribution in [-0.2, 0) is 15.1 Å². The van der Waals surface area contributed by atoms with E-state index in [2.05, 4.69) is 21.6 Å². The molecule has 6 heteroatoms. The fraction of sp³-hybridized carbons (Fsp3) is 0.481. The van der Waals surface area contributed by atoms with Gasteiger partial charge in [-0.05, 0) is 24.6 Å². The standard InChI is InChI=1S/C27H33N2O3S/c1-27(21-9-4-2-5-10-21,29-14-17-33-18-15-29)26(30)32-25-20-28(24-19-23(24)25)13-8-16-31-22-11-6-3-7-12-22/h2-7,9-12,23,25H,8,13-20H2,1H3/q+1/t23?,25-,27?/m0/s1. The molecule has 5 rings (SSSR count). The highest BCUT2D eigenvalue weighted by atomic mass is 32.2. The predicted octanol–water partition coefficient (Wildman–Crippen LogP) is 3.82. The summed E-state index contributed by atoms with van der Waals surface area (Å²) < 4.78 is 14.5. The minimum absolute atomic E-state index is 0.0373. The quantitative estimate of drug-likeness (QED) is 0.320. The molecule has 33 heavy (non-hydrogen) atoms. The van der Waals surface area contributed by atoms with Crippen LogP contribution in [0.2, 0.25) is 0 Å². The fourth-order valence-corrected chi connectivity index (χ4v) is 6.01. The van der Waals surface area contributed by atoms with Gasteiger partial charge in [0.25, 0.3) is 0 Å². The molecule has 0 bridgehead atoms. The number of fused-ring (bicyclic) bond motifs is 1. The van der Waals surface area contributed by atoms with Crippen LogP contribution in [0.5, 0.6) is 5.75 Å². The Balaban J connectivity index is 1.19. The monoisotopic (exact) mass is 465 g/mol. The number of esters is 1. The van der Waals surface area contributed by atoms with Gasteiger partial charge in [-0.2, -0.15) is 11.8 Å². The van der Waals surface area contributed by atoms with Crippen LogP contribution in [-0.4, -0.2) is 71.6 Å². The second-order valence-electron chi connectivity index (χ2n) is 9.24. The van der Waals surface area contributed by atoms with E-state index in [-0.39, 0.29) is 12.1 Å². The number of rotatable bonds is 9. The SMILES string of the molecule is CC(C(=O)O[C@H]1C[N+](CCCOc2ccccc2)=C2CC21)(c1ccccc1)N1CCSCC1. The summed E-state index contributed by atoms with van der Waals surface area (Å²) in [5, 5.41) is 0. The Hall–Kier alpha value is -2.31. The number of carbonyl (C=O) groups is 1. The Bertz CT molecular complexity index is 991. The second-order valence-corrected chi connectivity index (χ2v) is 10.5. The van der Waals surface area contributed by atoms with E-state index in [1.165, 1.54) is 5.71 Å². The summed E-state index contributed by atoms with van der Waals surface area (Å²) in [5.74, 6) is 3.32. The van der Waals surface area contributed by atoms with Crippen molar-refractivity contribution in [3.05, 3.63) is 66.2 Å². The molecule has 2 aliphatic heterocycles. The summed E-state index contributed by atoms with van der Waals surface area (Å²) in [4.78, 5) is 16.0. The Kier molecular flexibility index (Phi) is 6.74. The molecule has 2 fully saturated rings. The lowest BCUT2D eigenvalue weighted by molar-refractivity contribution is -0.527. The number of benzene rings is 2. The van der Waals surface area contributed by atoms with Gasteiger partial charge in [0, 0.05) is 37.4 Å². The van der Waals surface area contributed by atoms with Gasteiger partial charge < -0.3 is 9.47 Å². The molecule has 3 atom stereocenters. The molecule has 2 aromatic carbocycles. The predicted molar refractivity (Wildman–Crippen MR) is 132 cm³/mol. The van der Waals surface area contributed by atoms with E-state index in [1.807, 2.05) is 67.2 Å². The number of nitrogens with zero attached hydrogens (tertiary/aromatic N) is 2. The Labute approximate surface area is 200 Å². The summed E-state index contributed by atoms with van der Waals surface area (Å²) >= 11 is 1.96. The van der Waals surface area contributed by atoms with Crippen LogP contribution >= 0.6 is 11.8 Å². The van der Waals surface area contributed by atoms with Crippen molar-refractivity contribution < 1.29 is 18.8 Å². The Morgan fingerprint density at radius 1 is 1.09 bits per heavy atom. The zero-order chi connectivity index (χ0) is 22.7. The molecule has 174 valence electrons. The highest BCUT2D eigenvalue weighted by molar-refractivity contribution is 7.99. The van der Waals surface area contributed by atoms with E-state index >= 15 is 0 Å². The smallest absolute Gasteiger partial charge is 0.331 e. The van der Waals surface area contributed by atoms with Gasteiger partial charge >= 0.3 is 5.97 Å². The molecule has 2 unspecified atom stereocenters. The van der Waals surface area contributed by atoms with Gasteiger partial charge in [0.05, 0.1) is 12.5 Å². The summed E-state index contributed by atoms with van der Waals surface area (Å²) in [7, 11) is 0. The van der Waals surface area contributed by atoms with Crippen molar-refractivity contribution in [3.63, 3.8) is 0 Å². The maximum absolute atomic E-state index is 13.7. The maximum Gasteiger partial charge on any atom is 0.331 e. The first-order chi connectivity index (χ1) is 16.2. The number of hydrogen-bond donors (Lipinski definition) is 0. The number of hydrogen-bond acceptors (Lipinski definition) is 5. The van der Waals surface area contributed by atoms with Gasteiger partial charge in [-0.3, -0.25) is 4.90 Å². The molecule has 1 aliphatic carbocycles. The number of ether oxygens (including phenoxy) is 2. The molecular weight excluding hydrogens is 432 g/mol. The zero-order valence-electron chi connectivity index (χ0n) is 19.3. The van der Waals surface area contributed by atoms with Crippen LogP contribution in [0, 0.1) is 5.92 Å². The lowest BCUT2D eigenvalue weighted by Crippen LogP contribution is -2.54. The van der Waals surface area contributed by atoms with E-state index in [4.69, 9.17) is 9.47 Å². The van der Waals surface area contributed by atoms with Crippen LogP contribution in [0.25, 0.3) is 0 Å². The van der Waals surface area contributed by atoms with Gasteiger partial charge in [-0.1, -0.05) is 48.5 Å². The first-order valence-corrected chi connectivity index (χ1v) is 13.2. The molecule has 5 nitrogen and oxygen atoms in total. The third-order valence-electron chi connectivity index (χ3n) is 7.17. The van der Waals surface area contributed by atoms with E-state index in [0.717, 1.165) is 61.8 Å². The molecular formula is C27H33N2O3S+. The topological polar surface area (TPSA) is 41.8 Å². The van der Waals surface area contributed by atoms with E-state index in [1.54, 1.807) is 0 Å². The second kappa shape index (κ2) is 9.90. The molecule has 1 saturated carbocycles. The normalized spacial score (nSPS) is 24.2. The van der Waals surface area contributed by atoms with Gasteiger partial charge in [0.2, 0.25) is 0 Å². The van der Waals surface area contributed by atoms with Crippen LogP contribution in [0.4, 0.5) is 0 Å². The summed E-state index contributed by atoms with van der Waals surface area (Å²) in [6.45, 7) is 6.31. The van der Waals surface area contributed by atoms with Crippen LogP contribution in [0.15, 0.2) is 60.7 Å². The fourth-order valence-electron chi connectivity index (χ4n) is 5.11. The summed E-state index contributed by atoms with van der Waals surface area (Å²) in [6.07, 6.45) is 1.98. The first kappa shape index (κ1) is 22.5. The Morgan fingerprint density at radius 3 is 2.52 bits per heavy atom. The zero-order valence-corrected chi connectivity index (χ0v) is 20.1. The van der Waals surface area contributed by atoms with Crippen LogP contribution in [0.1, 0.15) is 25.3 Å². The van der Waals surface area contributed by atoms with Gasteiger partial charge in [-0.15, -0.1) is 0 Å². The number of thioether (sulfide) groups is 1. The summed E-state index contributed by atoms with van der Waals surface area (Å²) in [6, 6.07) is 20.1. The molecule has 0 aromatic heterocycles. The molecule has 0 amide bonds. The molecule has 0 spiro atoms. The van der Waals surface area contributed by atoms with E-state index in [0.29, 0.717) is 12.5 Å². The van der Waals surface area contributed by atoms with Crippen molar-refractivity contribution >= 4 is 23.4 Å². The largest absolute Gasteiger partial charge is 0.493 e. The molecule has 0 radical (unpaired) electrons.